The van der Waals surface area contributed by atoms with Crippen molar-refractivity contribution in [3.05, 3.63) is 43.0 Å². The van der Waals surface area contributed by atoms with Crippen LogP contribution >= 0.6 is 34.5 Å². The Labute approximate surface area is 98.3 Å². The van der Waals surface area contributed by atoms with Gasteiger partial charge in [0.25, 0.3) is 0 Å². The molecule has 15 heavy (non-hydrogen) atoms. The second-order valence-electron chi connectivity index (χ2n) is 2.81. The topological polar surface area (TPSA) is 32.9 Å². The molecule has 0 unspecified atom stereocenters. The van der Waals surface area contributed by atoms with Crippen molar-refractivity contribution in [1.29, 1.82) is 0 Å². The molecule has 0 fully saturated rings. The van der Waals surface area contributed by atoms with Crippen LogP contribution in [0.4, 0.5) is 4.39 Å². The zero-order valence-electron chi connectivity index (χ0n) is 7.18. The Bertz CT molecular complexity index is 563. The summed E-state index contributed by atoms with van der Waals surface area (Å²) in [5.41, 5.74) is 0.919. The average Bonchev–Trinajstić information content (AvgIpc) is 2.58. The largest absolute Gasteiger partial charge is 0.312 e. The summed E-state index contributed by atoms with van der Waals surface area (Å²) in [5, 5.41) is 1.84. The van der Waals surface area contributed by atoms with Gasteiger partial charge in [-0.1, -0.05) is 34.5 Å². The monoisotopic (exact) mass is 263 g/mol. The number of hydrogen-bond donors (Lipinski definition) is 1. The van der Waals surface area contributed by atoms with Crippen LogP contribution in [0.1, 0.15) is 0 Å². The van der Waals surface area contributed by atoms with Crippen molar-refractivity contribution in [2.24, 2.45) is 0 Å². The third kappa shape index (κ3) is 2.07. The van der Waals surface area contributed by atoms with Gasteiger partial charge in [0.15, 0.2) is 0 Å². The Morgan fingerprint density at radius 3 is 2.60 bits per heavy atom. The maximum atomic E-state index is 13.2. The molecule has 0 aliphatic carbocycles. The fourth-order valence-electron chi connectivity index (χ4n) is 1.14. The van der Waals surface area contributed by atoms with E-state index < -0.39 is 5.82 Å². The Hall–Kier alpha value is -0.840. The Balaban J connectivity index is 2.63. The molecule has 2 rings (SSSR count). The third-order valence-corrected chi connectivity index (χ3v) is 3.09. The third-order valence-electron chi connectivity index (χ3n) is 1.82. The number of aromatic amines is 1. The summed E-state index contributed by atoms with van der Waals surface area (Å²) in [7, 11) is 0. The lowest BCUT2D eigenvalue weighted by Gasteiger charge is -2.02. The van der Waals surface area contributed by atoms with Gasteiger partial charge < -0.3 is 4.98 Å². The minimum absolute atomic E-state index is 0.0404. The van der Waals surface area contributed by atoms with E-state index in [0.29, 0.717) is 16.3 Å². The first kappa shape index (κ1) is 10.7. The number of thiazole rings is 1. The van der Waals surface area contributed by atoms with E-state index in [1.54, 1.807) is 5.38 Å². The van der Waals surface area contributed by atoms with Gasteiger partial charge in [-0.25, -0.2) is 4.39 Å². The van der Waals surface area contributed by atoms with Gasteiger partial charge >= 0.3 is 4.87 Å². The van der Waals surface area contributed by atoms with E-state index in [9.17, 15) is 9.18 Å². The van der Waals surface area contributed by atoms with E-state index in [2.05, 4.69) is 4.98 Å². The van der Waals surface area contributed by atoms with Crippen LogP contribution in [0.5, 0.6) is 0 Å². The highest BCUT2D eigenvalue weighted by Crippen LogP contribution is 2.31. The fourth-order valence-corrected chi connectivity index (χ4v) is 2.21. The van der Waals surface area contributed by atoms with Crippen molar-refractivity contribution >= 4 is 34.5 Å². The first-order valence-corrected chi connectivity index (χ1v) is 5.54. The van der Waals surface area contributed by atoms with Crippen LogP contribution < -0.4 is 4.87 Å². The highest BCUT2D eigenvalue weighted by molar-refractivity contribution is 7.07. The maximum absolute atomic E-state index is 13.2. The van der Waals surface area contributed by atoms with Gasteiger partial charge in [0.2, 0.25) is 0 Å². The minimum Gasteiger partial charge on any atom is -0.312 e. The van der Waals surface area contributed by atoms with E-state index in [1.807, 2.05) is 0 Å². The molecule has 1 aromatic heterocycles. The normalized spacial score (nSPS) is 10.6. The van der Waals surface area contributed by atoms with Crippen LogP contribution in [0.15, 0.2) is 22.3 Å². The lowest BCUT2D eigenvalue weighted by Crippen LogP contribution is -1.93. The zero-order chi connectivity index (χ0) is 11.0. The Kier molecular flexibility index (Phi) is 2.82. The first-order valence-electron chi connectivity index (χ1n) is 3.90. The molecule has 0 atom stereocenters. The lowest BCUT2D eigenvalue weighted by molar-refractivity contribution is 0.628. The molecule has 0 aliphatic heterocycles. The van der Waals surface area contributed by atoms with E-state index in [-0.39, 0.29) is 9.90 Å². The molecular weight excluding hydrogens is 260 g/mol. The van der Waals surface area contributed by atoms with E-state index in [4.69, 9.17) is 23.2 Å². The molecule has 0 saturated heterocycles. The summed E-state index contributed by atoms with van der Waals surface area (Å²) >= 11 is 12.4. The van der Waals surface area contributed by atoms with Gasteiger partial charge in [0.1, 0.15) is 5.82 Å². The van der Waals surface area contributed by atoms with Crippen molar-refractivity contribution in [2.45, 2.75) is 0 Å². The predicted molar refractivity (Wildman–Crippen MR) is 60.4 cm³/mol. The van der Waals surface area contributed by atoms with Crippen molar-refractivity contribution in [2.75, 3.05) is 0 Å². The summed E-state index contributed by atoms with van der Waals surface area (Å²) in [6, 6.07) is 2.51. The molecular formula is C9H4Cl2FNOS. The summed E-state index contributed by atoms with van der Waals surface area (Å²) in [5.74, 6) is -0.567. The van der Waals surface area contributed by atoms with E-state index in [1.165, 1.54) is 12.1 Å². The highest BCUT2D eigenvalue weighted by atomic mass is 35.5. The molecule has 0 aliphatic rings. The maximum Gasteiger partial charge on any atom is 0.304 e. The lowest BCUT2D eigenvalue weighted by atomic mass is 10.2. The van der Waals surface area contributed by atoms with Gasteiger partial charge in [-0.15, -0.1) is 0 Å². The van der Waals surface area contributed by atoms with E-state index >= 15 is 0 Å². The number of H-pyrrole nitrogens is 1. The predicted octanol–water partition coefficient (Wildman–Crippen LogP) is 3.55. The summed E-state index contributed by atoms with van der Waals surface area (Å²) in [6.07, 6.45) is 0. The van der Waals surface area contributed by atoms with Crippen molar-refractivity contribution < 1.29 is 4.39 Å². The molecule has 1 aromatic carbocycles. The molecule has 0 radical (unpaired) electrons. The van der Waals surface area contributed by atoms with Crippen LogP contribution in [0, 0.1) is 5.82 Å². The number of nitrogens with one attached hydrogen (secondary N) is 1. The summed E-state index contributed by atoms with van der Waals surface area (Å²) < 4.78 is 13.2. The van der Waals surface area contributed by atoms with Crippen LogP contribution in [0.25, 0.3) is 11.3 Å². The molecule has 2 aromatic rings. The van der Waals surface area contributed by atoms with Gasteiger partial charge in [-0.05, 0) is 12.1 Å². The average molecular weight is 264 g/mol. The molecule has 2 nitrogen and oxygen atoms in total. The first-order chi connectivity index (χ1) is 7.08. The smallest absolute Gasteiger partial charge is 0.304 e. The number of halogens is 3. The molecule has 1 heterocycles. The minimum atomic E-state index is -0.567. The quantitative estimate of drug-likeness (QED) is 0.785. The molecule has 0 bridgehead atoms. The van der Waals surface area contributed by atoms with Gasteiger partial charge in [-0.3, -0.25) is 4.79 Å². The number of rotatable bonds is 1. The van der Waals surface area contributed by atoms with Gasteiger partial charge in [0, 0.05) is 10.9 Å². The van der Waals surface area contributed by atoms with Crippen LogP contribution in [-0.2, 0) is 0 Å². The van der Waals surface area contributed by atoms with Crippen molar-refractivity contribution in [1.82, 2.24) is 4.98 Å². The molecule has 6 heteroatoms. The number of benzene rings is 1. The van der Waals surface area contributed by atoms with Crippen LogP contribution in [0.2, 0.25) is 10.0 Å². The van der Waals surface area contributed by atoms with Gasteiger partial charge in [0.05, 0.1) is 15.7 Å². The van der Waals surface area contributed by atoms with Gasteiger partial charge in [-0.2, -0.15) is 0 Å². The molecule has 0 saturated carbocycles. The summed E-state index contributed by atoms with van der Waals surface area (Å²) in [4.78, 5) is 13.3. The molecule has 0 amide bonds. The number of hydrogen-bond acceptors (Lipinski definition) is 2. The summed E-state index contributed by atoms with van der Waals surface area (Å²) in [6.45, 7) is 0. The van der Waals surface area contributed by atoms with E-state index in [0.717, 1.165) is 11.3 Å². The van der Waals surface area contributed by atoms with Crippen LogP contribution in [-0.4, -0.2) is 4.98 Å². The standard InChI is InChI=1S/C9H4Cl2FNOS/c10-5-2-6(11)7(12)1-4(5)8-3-15-9(14)13-8/h1-3H,(H,13,14). The Morgan fingerprint density at radius 2 is 2.00 bits per heavy atom. The number of aromatic nitrogens is 1. The second-order valence-corrected chi connectivity index (χ2v) is 4.46. The van der Waals surface area contributed by atoms with Crippen LogP contribution in [0.3, 0.4) is 0 Å². The second kappa shape index (κ2) is 3.96. The SMILES string of the molecule is O=c1[nH]c(-c2cc(F)c(Cl)cc2Cl)cs1. The van der Waals surface area contributed by atoms with Crippen molar-refractivity contribution in [3.63, 3.8) is 0 Å². The fraction of sp³-hybridized carbons (Fsp3) is 0. The zero-order valence-corrected chi connectivity index (χ0v) is 9.51. The Morgan fingerprint density at radius 1 is 1.27 bits per heavy atom. The van der Waals surface area contributed by atoms with Crippen molar-refractivity contribution in [3.8, 4) is 11.3 Å². The molecule has 0 spiro atoms. The molecule has 78 valence electrons. The molecule has 1 N–H and O–H groups in total. The highest BCUT2D eigenvalue weighted by Gasteiger charge is 2.10.